The molecule has 0 saturated heterocycles. The molecule has 0 aliphatic carbocycles. The quantitative estimate of drug-likeness (QED) is 0.821. The molecule has 0 spiro atoms. The molecule has 0 bridgehead atoms. The second-order valence-corrected chi connectivity index (χ2v) is 5.73. The average Bonchev–Trinajstić information content (AvgIpc) is 2.46. The van der Waals surface area contributed by atoms with Crippen molar-refractivity contribution in [1.82, 2.24) is 5.32 Å². The lowest BCUT2D eigenvalue weighted by molar-refractivity contribution is 0.505. The third-order valence-electron chi connectivity index (χ3n) is 3.09. The SMILES string of the molecule is CCSc1ccc(C(NC)c2ccc(F)c(F)c2)cc1. The zero-order chi connectivity index (χ0) is 14.5. The number of hydrogen-bond donors (Lipinski definition) is 1. The molecule has 20 heavy (non-hydrogen) atoms. The topological polar surface area (TPSA) is 12.0 Å². The van der Waals surface area contributed by atoms with Gasteiger partial charge in [-0.2, -0.15) is 0 Å². The van der Waals surface area contributed by atoms with E-state index in [2.05, 4.69) is 12.2 Å². The van der Waals surface area contributed by atoms with Gasteiger partial charge in [0.15, 0.2) is 11.6 Å². The zero-order valence-electron chi connectivity index (χ0n) is 11.5. The van der Waals surface area contributed by atoms with Crippen LogP contribution in [0, 0.1) is 11.6 Å². The molecule has 0 radical (unpaired) electrons. The molecule has 1 N–H and O–H groups in total. The maximum atomic E-state index is 13.3. The van der Waals surface area contributed by atoms with Crippen LogP contribution in [0.5, 0.6) is 0 Å². The van der Waals surface area contributed by atoms with E-state index in [1.54, 1.807) is 24.9 Å². The van der Waals surface area contributed by atoms with Gasteiger partial charge in [0.2, 0.25) is 0 Å². The zero-order valence-corrected chi connectivity index (χ0v) is 12.3. The minimum Gasteiger partial charge on any atom is -0.309 e. The number of benzene rings is 2. The van der Waals surface area contributed by atoms with Crippen LogP contribution >= 0.6 is 11.8 Å². The van der Waals surface area contributed by atoms with Gasteiger partial charge in [-0.25, -0.2) is 8.78 Å². The van der Waals surface area contributed by atoms with Crippen LogP contribution in [0.3, 0.4) is 0 Å². The molecule has 0 heterocycles. The van der Waals surface area contributed by atoms with Crippen molar-refractivity contribution in [1.29, 1.82) is 0 Å². The van der Waals surface area contributed by atoms with Crippen LogP contribution in [0.1, 0.15) is 24.1 Å². The molecule has 4 heteroatoms. The molecule has 2 aromatic carbocycles. The van der Waals surface area contributed by atoms with Crippen molar-refractivity contribution in [2.24, 2.45) is 0 Å². The van der Waals surface area contributed by atoms with Crippen molar-refractivity contribution in [2.45, 2.75) is 17.9 Å². The lowest BCUT2D eigenvalue weighted by atomic mass is 9.99. The Morgan fingerprint density at radius 1 is 1.00 bits per heavy atom. The summed E-state index contributed by atoms with van der Waals surface area (Å²) in [7, 11) is 1.81. The molecule has 1 nitrogen and oxygen atoms in total. The number of thioether (sulfide) groups is 1. The van der Waals surface area contributed by atoms with E-state index in [9.17, 15) is 8.78 Å². The van der Waals surface area contributed by atoms with Crippen molar-refractivity contribution >= 4 is 11.8 Å². The van der Waals surface area contributed by atoms with Gasteiger partial charge in [0.25, 0.3) is 0 Å². The fraction of sp³-hybridized carbons (Fsp3) is 0.250. The monoisotopic (exact) mass is 293 g/mol. The largest absolute Gasteiger partial charge is 0.309 e. The Morgan fingerprint density at radius 3 is 2.20 bits per heavy atom. The van der Waals surface area contributed by atoms with E-state index in [0.717, 1.165) is 17.4 Å². The normalized spacial score (nSPS) is 12.4. The smallest absolute Gasteiger partial charge is 0.159 e. The Bertz CT molecular complexity index is 569. The fourth-order valence-corrected chi connectivity index (χ4v) is 2.80. The second kappa shape index (κ2) is 6.86. The van der Waals surface area contributed by atoms with Gasteiger partial charge in [-0.3, -0.25) is 0 Å². The minimum absolute atomic E-state index is 0.147. The molecule has 0 amide bonds. The molecular formula is C16H17F2NS. The first-order valence-corrected chi connectivity index (χ1v) is 7.49. The molecule has 0 aliphatic heterocycles. The predicted octanol–water partition coefficient (Wildman–Crippen LogP) is 4.39. The molecular weight excluding hydrogens is 276 g/mol. The van der Waals surface area contributed by atoms with Gasteiger partial charge >= 0.3 is 0 Å². The van der Waals surface area contributed by atoms with Crippen molar-refractivity contribution < 1.29 is 8.78 Å². The number of nitrogens with one attached hydrogen (secondary N) is 1. The first-order chi connectivity index (χ1) is 9.65. The third kappa shape index (κ3) is 3.38. The van der Waals surface area contributed by atoms with Gasteiger partial charge in [0.05, 0.1) is 6.04 Å². The Hall–Kier alpha value is -1.39. The number of rotatable bonds is 5. The van der Waals surface area contributed by atoms with Crippen LogP contribution in [0.15, 0.2) is 47.4 Å². The highest BCUT2D eigenvalue weighted by Crippen LogP contribution is 2.26. The van der Waals surface area contributed by atoms with Crippen molar-refractivity contribution in [3.05, 3.63) is 65.2 Å². The molecule has 106 valence electrons. The highest BCUT2D eigenvalue weighted by Gasteiger charge is 2.14. The molecule has 0 aliphatic rings. The standard InChI is InChI=1S/C16H17F2NS/c1-3-20-13-7-4-11(5-8-13)16(19-2)12-6-9-14(17)15(18)10-12/h4-10,16,19H,3H2,1-2H3. The van der Waals surface area contributed by atoms with Crippen molar-refractivity contribution in [2.75, 3.05) is 12.8 Å². The van der Waals surface area contributed by atoms with Gasteiger partial charge in [0, 0.05) is 4.90 Å². The summed E-state index contributed by atoms with van der Waals surface area (Å²) in [5.74, 6) is -0.614. The Balaban J connectivity index is 2.29. The summed E-state index contributed by atoms with van der Waals surface area (Å²) in [4.78, 5) is 1.20. The van der Waals surface area contributed by atoms with E-state index in [4.69, 9.17) is 0 Å². The first-order valence-electron chi connectivity index (χ1n) is 6.50. The lowest BCUT2D eigenvalue weighted by Gasteiger charge is -2.17. The highest BCUT2D eigenvalue weighted by atomic mass is 32.2. The summed E-state index contributed by atoms with van der Waals surface area (Å²) in [6.45, 7) is 2.11. The summed E-state index contributed by atoms with van der Waals surface area (Å²) in [5.41, 5.74) is 1.74. The van der Waals surface area contributed by atoms with Crippen LogP contribution in [-0.4, -0.2) is 12.8 Å². The lowest BCUT2D eigenvalue weighted by Crippen LogP contribution is -2.17. The third-order valence-corrected chi connectivity index (χ3v) is 3.98. The van der Waals surface area contributed by atoms with Gasteiger partial charge in [-0.1, -0.05) is 25.1 Å². The van der Waals surface area contributed by atoms with Gasteiger partial charge < -0.3 is 5.32 Å². The summed E-state index contributed by atoms with van der Waals surface area (Å²) < 4.78 is 26.4. The van der Waals surface area contributed by atoms with E-state index in [1.165, 1.54) is 11.0 Å². The van der Waals surface area contributed by atoms with Crippen molar-refractivity contribution in [3.63, 3.8) is 0 Å². The van der Waals surface area contributed by atoms with Crippen LogP contribution in [0.2, 0.25) is 0 Å². The molecule has 2 aromatic rings. The van der Waals surface area contributed by atoms with Gasteiger partial charge in [-0.05, 0) is 48.2 Å². The number of hydrogen-bond acceptors (Lipinski definition) is 2. The van der Waals surface area contributed by atoms with Crippen molar-refractivity contribution in [3.8, 4) is 0 Å². The molecule has 1 atom stereocenters. The van der Waals surface area contributed by atoms with E-state index in [1.807, 2.05) is 24.3 Å². The summed E-state index contributed by atoms with van der Waals surface area (Å²) in [6.07, 6.45) is 0. The Morgan fingerprint density at radius 2 is 1.65 bits per heavy atom. The summed E-state index contributed by atoms with van der Waals surface area (Å²) in [5, 5.41) is 3.14. The summed E-state index contributed by atoms with van der Waals surface area (Å²) >= 11 is 1.77. The van der Waals surface area contributed by atoms with Gasteiger partial charge in [0.1, 0.15) is 0 Å². The summed E-state index contributed by atoms with van der Waals surface area (Å²) in [6, 6.07) is 12.0. The molecule has 0 aromatic heterocycles. The van der Waals surface area contributed by atoms with Crippen LogP contribution in [0.25, 0.3) is 0 Å². The fourth-order valence-electron chi connectivity index (χ4n) is 2.14. The average molecular weight is 293 g/mol. The van der Waals surface area contributed by atoms with Crippen LogP contribution < -0.4 is 5.32 Å². The molecule has 2 rings (SSSR count). The molecule has 1 unspecified atom stereocenters. The van der Waals surface area contributed by atoms with Gasteiger partial charge in [-0.15, -0.1) is 11.8 Å². The van der Waals surface area contributed by atoms with E-state index in [0.29, 0.717) is 5.56 Å². The van der Waals surface area contributed by atoms with E-state index in [-0.39, 0.29) is 6.04 Å². The van der Waals surface area contributed by atoms with E-state index >= 15 is 0 Å². The second-order valence-electron chi connectivity index (χ2n) is 4.40. The molecule has 0 saturated carbocycles. The van der Waals surface area contributed by atoms with Crippen LogP contribution in [-0.2, 0) is 0 Å². The number of halogens is 2. The first kappa shape index (κ1) is 15.0. The Kier molecular flexibility index (Phi) is 5.15. The minimum atomic E-state index is -0.821. The highest BCUT2D eigenvalue weighted by molar-refractivity contribution is 7.99. The predicted molar refractivity (Wildman–Crippen MR) is 80.1 cm³/mol. The Labute approximate surface area is 122 Å². The van der Waals surface area contributed by atoms with E-state index < -0.39 is 11.6 Å². The van der Waals surface area contributed by atoms with Crippen LogP contribution in [0.4, 0.5) is 8.78 Å². The molecule has 0 fully saturated rings. The maximum absolute atomic E-state index is 13.3. The maximum Gasteiger partial charge on any atom is 0.159 e.